The van der Waals surface area contributed by atoms with Crippen molar-refractivity contribution in [1.29, 1.82) is 0 Å². The van der Waals surface area contributed by atoms with Crippen molar-refractivity contribution in [1.82, 2.24) is 15.5 Å². The Morgan fingerprint density at radius 1 is 1.36 bits per heavy atom. The first-order valence-corrected chi connectivity index (χ1v) is 9.18. The Balaban J connectivity index is 1.86. The van der Waals surface area contributed by atoms with Crippen LogP contribution in [0.1, 0.15) is 26.3 Å². The molecule has 1 aromatic rings. The van der Waals surface area contributed by atoms with Crippen LogP contribution in [0, 0.1) is 11.7 Å². The van der Waals surface area contributed by atoms with Crippen LogP contribution in [0.4, 0.5) is 4.39 Å². The zero-order valence-corrected chi connectivity index (χ0v) is 15.6. The van der Waals surface area contributed by atoms with Gasteiger partial charge in [0.2, 0.25) is 0 Å². The molecule has 0 bridgehead atoms. The molecule has 0 aromatic heterocycles. The average molecular weight is 350 g/mol. The highest BCUT2D eigenvalue weighted by molar-refractivity contribution is 5.79. The molecule has 1 unspecified atom stereocenters. The van der Waals surface area contributed by atoms with Gasteiger partial charge in [0, 0.05) is 38.3 Å². The summed E-state index contributed by atoms with van der Waals surface area (Å²) in [6.07, 6.45) is 0.143. The van der Waals surface area contributed by atoms with E-state index in [1.54, 1.807) is 12.1 Å². The number of nitrogens with zero attached hydrogens (tertiary/aromatic N) is 2. The number of hydrogen-bond donors (Lipinski definition) is 2. The smallest absolute Gasteiger partial charge is 0.191 e. The molecule has 1 fully saturated rings. The van der Waals surface area contributed by atoms with Crippen molar-refractivity contribution in [3.8, 4) is 0 Å². The number of hydrogen-bond acceptors (Lipinski definition) is 3. The number of rotatable bonds is 7. The first-order chi connectivity index (χ1) is 12.1. The second-order valence-corrected chi connectivity index (χ2v) is 6.81. The summed E-state index contributed by atoms with van der Waals surface area (Å²) < 4.78 is 19.6. The molecule has 1 aliphatic heterocycles. The van der Waals surface area contributed by atoms with Gasteiger partial charge in [0.15, 0.2) is 5.96 Å². The van der Waals surface area contributed by atoms with Crippen molar-refractivity contribution in [2.45, 2.75) is 33.4 Å². The number of aliphatic imine (C=N–C) groups is 1. The molecular weight excluding hydrogens is 319 g/mol. The van der Waals surface area contributed by atoms with E-state index in [4.69, 9.17) is 4.74 Å². The minimum atomic E-state index is -0.220. The molecule has 0 radical (unpaired) electrons. The molecule has 2 N–H and O–H groups in total. The van der Waals surface area contributed by atoms with E-state index in [2.05, 4.69) is 34.4 Å². The first kappa shape index (κ1) is 19.7. The molecule has 0 amide bonds. The standard InChI is InChI=1S/C19H31FN4O/c1-4-21-19(22-11-16-7-5-6-8-18(16)20)23-12-17-14-24(9-10-25-17)13-15(2)3/h5-8,15,17H,4,9-14H2,1-3H3,(H2,21,22,23). The van der Waals surface area contributed by atoms with Gasteiger partial charge in [0.1, 0.15) is 5.82 Å². The maximum Gasteiger partial charge on any atom is 0.191 e. The van der Waals surface area contributed by atoms with Gasteiger partial charge in [0.25, 0.3) is 0 Å². The highest BCUT2D eigenvalue weighted by Gasteiger charge is 2.21. The van der Waals surface area contributed by atoms with Crippen molar-refractivity contribution in [3.63, 3.8) is 0 Å². The fourth-order valence-corrected chi connectivity index (χ4v) is 2.93. The van der Waals surface area contributed by atoms with Crippen LogP contribution < -0.4 is 10.6 Å². The quantitative estimate of drug-likeness (QED) is 0.585. The van der Waals surface area contributed by atoms with Crippen LogP contribution in [-0.4, -0.2) is 56.3 Å². The highest BCUT2D eigenvalue weighted by Crippen LogP contribution is 2.08. The van der Waals surface area contributed by atoms with E-state index in [1.807, 2.05) is 13.0 Å². The number of halogens is 1. The summed E-state index contributed by atoms with van der Waals surface area (Å²) in [5, 5.41) is 6.52. The zero-order chi connectivity index (χ0) is 18.1. The van der Waals surface area contributed by atoms with Gasteiger partial charge in [-0.1, -0.05) is 32.0 Å². The Morgan fingerprint density at radius 2 is 2.16 bits per heavy atom. The summed E-state index contributed by atoms with van der Waals surface area (Å²) in [6, 6.07) is 6.74. The molecule has 1 atom stereocenters. The van der Waals surface area contributed by atoms with Crippen molar-refractivity contribution in [3.05, 3.63) is 35.6 Å². The van der Waals surface area contributed by atoms with Gasteiger partial charge in [-0.05, 0) is 18.9 Å². The predicted octanol–water partition coefficient (Wildman–Crippen LogP) is 2.24. The summed E-state index contributed by atoms with van der Waals surface area (Å²) >= 11 is 0. The molecule has 0 saturated carbocycles. The Kier molecular flexibility index (Phi) is 8.15. The molecule has 6 heteroatoms. The van der Waals surface area contributed by atoms with Crippen molar-refractivity contribution in [2.24, 2.45) is 10.9 Å². The van der Waals surface area contributed by atoms with Crippen molar-refractivity contribution < 1.29 is 9.13 Å². The summed E-state index contributed by atoms with van der Waals surface area (Å²) in [4.78, 5) is 6.93. The molecule has 5 nitrogen and oxygen atoms in total. The third-order valence-corrected chi connectivity index (χ3v) is 4.05. The van der Waals surface area contributed by atoms with E-state index in [0.717, 1.165) is 32.8 Å². The van der Waals surface area contributed by atoms with Crippen LogP contribution in [0.2, 0.25) is 0 Å². The van der Waals surface area contributed by atoms with E-state index in [-0.39, 0.29) is 11.9 Å². The van der Waals surface area contributed by atoms with Gasteiger partial charge in [-0.15, -0.1) is 0 Å². The summed E-state index contributed by atoms with van der Waals surface area (Å²) in [6.45, 7) is 12.0. The Bertz CT molecular complexity index is 550. The maximum absolute atomic E-state index is 13.7. The number of ether oxygens (including phenoxy) is 1. The molecule has 0 aliphatic carbocycles. The lowest BCUT2D eigenvalue weighted by atomic mass is 10.2. The maximum atomic E-state index is 13.7. The lowest BCUT2D eigenvalue weighted by molar-refractivity contribution is -0.0284. The number of guanidine groups is 1. The normalized spacial score (nSPS) is 19.2. The third kappa shape index (κ3) is 7.00. The average Bonchev–Trinajstić information content (AvgIpc) is 2.58. The fourth-order valence-electron chi connectivity index (χ4n) is 2.93. The van der Waals surface area contributed by atoms with Gasteiger partial charge in [-0.25, -0.2) is 9.38 Å². The minimum Gasteiger partial charge on any atom is -0.374 e. The molecule has 25 heavy (non-hydrogen) atoms. The summed E-state index contributed by atoms with van der Waals surface area (Å²) in [5.41, 5.74) is 0.594. The van der Waals surface area contributed by atoms with Gasteiger partial charge in [0.05, 0.1) is 19.3 Å². The lowest BCUT2D eigenvalue weighted by Crippen LogP contribution is -2.50. The summed E-state index contributed by atoms with van der Waals surface area (Å²) in [5.74, 6) is 1.13. The molecular formula is C19H31FN4O. The van der Waals surface area contributed by atoms with Crippen LogP contribution in [0.25, 0.3) is 0 Å². The highest BCUT2D eigenvalue weighted by atomic mass is 19.1. The monoisotopic (exact) mass is 350 g/mol. The second-order valence-electron chi connectivity index (χ2n) is 6.81. The molecule has 1 saturated heterocycles. The molecule has 1 aliphatic rings. The van der Waals surface area contributed by atoms with Crippen LogP contribution in [-0.2, 0) is 11.3 Å². The molecule has 140 valence electrons. The summed E-state index contributed by atoms with van der Waals surface area (Å²) in [7, 11) is 0. The topological polar surface area (TPSA) is 48.9 Å². The number of benzene rings is 1. The van der Waals surface area contributed by atoms with E-state index >= 15 is 0 Å². The van der Waals surface area contributed by atoms with E-state index in [1.165, 1.54) is 6.07 Å². The molecule has 1 aromatic carbocycles. The van der Waals surface area contributed by atoms with Gasteiger partial charge < -0.3 is 15.4 Å². The van der Waals surface area contributed by atoms with Gasteiger partial charge in [-0.2, -0.15) is 0 Å². The zero-order valence-electron chi connectivity index (χ0n) is 15.6. The lowest BCUT2D eigenvalue weighted by Gasteiger charge is -2.34. The third-order valence-electron chi connectivity index (χ3n) is 4.05. The minimum absolute atomic E-state index is 0.143. The molecule has 1 heterocycles. The van der Waals surface area contributed by atoms with Crippen LogP contribution in [0.3, 0.4) is 0 Å². The van der Waals surface area contributed by atoms with E-state index < -0.39 is 0 Å². The second kappa shape index (κ2) is 10.4. The first-order valence-electron chi connectivity index (χ1n) is 9.18. The Morgan fingerprint density at radius 3 is 2.88 bits per heavy atom. The SMILES string of the molecule is CCNC(=NCc1ccccc1F)NCC1CN(CC(C)C)CCO1. The van der Waals surface area contributed by atoms with Crippen molar-refractivity contribution in [2.75, 3.05) is 39.3 Å². The van der Waals surface area contributed by atoms with Gasteiger partial charge >= 0.3 is 0 Å². The van der Waals surface area contributed by atoms with Crippen LogP contribution in [0.15, 0.2) is 29.3 Å². The number of nitrogens with one attached hydrogen (secondary N) is 2. The Labute approximate surface area is 150 Å². The largest absolute Gasteiger partial charge is 0.374 e. The van der Waals surface area contributed by atoms with Crippen LogP contribution in [0.5, 0.6) is 0 Å². The van der Waals surface area contributed by atoms with Gasteiger partial charge in [-0.3, -0.25) is 4.90 Å². The Hall–Kier alpha value is -1.66. The molecule has 2 rings (SSSR count). The van der Waals surface area contributed by atoms with Crippen LogP contribution >= 0.6 is 0 Å². The number of morpholine rings is 1. The van der Waals surface area contributed by atoms with Crippen molar-refractivity contribution >= 4 is 5.96 Å². The van der Waals surface area contributed by atoms with E-state index in [0.29, 0.717) is 30.5 Å². The van der Waals surface area contributed by atoms with E-state index in [9.17, 15) is 4.39 Å². The fraction of sp³-hybridized carbons (Fsp3) is 0.632. The predicted molar refractivity (Wildman–Crippen MR) is 100 cm³/mol. The molecule has 0 spiro atoms.